The average molecular weight is 426 g/mol. The van der Waals surface area contributed by atoms with E-state index in [2.05, 4.69) is 37.4 Å². The Kier molecular flexibility index (Phi) is 5.92. The van der Waals surface area contributed by atoms with Crippen LogP contribution in [0.2, 0.25) is 0 Å². The molecular weight excluding hydrogens is 406 g/mol. The molecule has 1 unspecified atom stereocenters. The number of rotatable bonds is 6. The van der Waals surface area contributed by atoms with Crippen LogP contribution in [0.1, 0.15) is 36.7 Å². The first-order valence-corrected chi connectivity index (χ1v) is 9.61. The summed E-state index contributed by atoms with van der Waals surface area (Å²) in [5, 5.41) is 16.4. The normalized spacial score (nSPS) is 16.0. The van der Waals surface area contributed by atoms with Crippen molar-refractivity contribution < 1.29 is 13.5 Å². The fourth-order valence-corrected chi connectivity index (χ4v) is 2.99. The van der Waals surface area contributed by atoms with Crippen molar-refractivity contribution in [2.75, 3.05) is 4.90 Å². The van der Waals surface area contributed by atoms with Gasteiger partial charge in [0.1, 0.15) is 12.3 Å². The Morgan fingerprint density at radius 2 is 1.97 bits per heavy atom. The Bertz CT molecular complexity index is 1080. The van der Waals surface area contributed by atoms with Gasteiger partial charge in [0.25, 0.3) is 6.43 Å². The molecule has 0 N–H and O–H groups in total. The summed E-state index contributed by atoms with van der Waals surface area (Å²) in [6, 6.07) is 6.51. The van der Waals surface area contributed by atoms with E-state index in [0.29, 0.717) is 28.9 Å². The van der Waals surface area contributed by atoms with Gasteiger partial charge in [0.15, 0.2) is 11.6 Å². The molecular formula is C20H20F2N8O. The minimum atomic E-state index is -2.58. The van der Waals surface area contributed by atoms with Crippen LogP contribution in [-0.2, 0) is 6.61 Å². The predicted molar refractivity (Wildman–Crippen MR) is 109 cm³/mol. The number of halogens is 2. The van der Waals surface area contributed by atoms with Gasteiger partial charge in [-0.1, -0.05) is 11.3 Å². The van der Waals surface area contributed by atoms with Gasteiger partial charge in [0.2, 0.25) is 5.88 Å². The number of aromatic nitrogens is 6. The summed E-state index contributed by atoms with van der Waals surface area (Å²) in [4.78, 5) is 10.2. The van der Waals surface area contributed by atoms with Crippen molar-refractivity contribution in [3.05, 3.63) is 59.7 Å². The van der Waals surface area contributed by atoms with Crippen LogP contribution in [0.4, 0.5) is 14.6 Å². The Morgan fingerprint density at radius 1 is 1.13 bits per heavy atom. The van der Waals surface area contributed by atoms with E-state index in [1.807, 2.05) is 17.0 Å². The van der Waals surface area contributed by atoms with Crippen molar-refractivity contribution in [2.24, 2.45) is 4.99 Å². The van der Waals surface area contributed by atoms with Gasteiger partial charge in [0, 0.05) is 30.1 Å². The first-order valence-electron chi connectivity index (χ1n) is 9.61. The van der Waals surface area contributed by atoms with Gasteiger partial charge >= 0.3 is 0 Å². The average Bonchev–Trinajstić information content (AvgIpc) is 3.01. The van der Waals surface area contributed by atoms with Crippen molar-refractivity contribution >= 4 is 12.2 Å². The highest BCUT2D eigenvalue weighted by atomic mass is 19.3. The van der Waals surface area contributed by atoms with E-state index in [1.54, 1.807) is 25.5 Å². The van der Waals surface area contributed by atoms with Crippen molar-refractivity contribution in [3.63, 3.8) is 0 Å². The molecule has 0 fully saturated rings. The van der Waals surface area contributed by atoms with Gasteiger partial charge in [0.05, 0.1) is 12.0 Å². The lowest BCUT2D eigenvalue weighted by molar-refractivity contribution is 0.151. The molecule has 0 aromatic carbocycles. The minimum Gasteiger partial charge on any atom is -0.470 e. The van der Waals surface area contributed by atoms with Crippen molar-refractivity contribution in [1.29, 1.82) is 0 Å². The molecule has 1 atom stereocenters. The fraction of sp³-hybridized carbons (Fsp3) is 0.300. The molecule has 0 aliphatic carbocycles. The van der Waals surface area contributed by atoms with E-state index >= 15 is 0 Å². The van der Waals surface area contributed by atoms with Crippen molar-refractivity contribution in [2.45, 2.75) is 39.3 Å². The van der Waals surface area contributed by atoms with Gasteiger partial charge in [-0.05, 0) is 38.5 Å². The molecule has 3 aromatic rings. The van der Waals surface area contributed by atoms with E-state index in [4.69, 9.17) is 4.74 Å². The summed E-state index contributed by atoms with van der Waals surface area (Å²) in [7, 11) is 0. The number of ether oxygens (including phenoxy) is 1. The van der Waals surface area contributed by atoms with E-state index in [-0.39, 0.29) is 18.2 Å². The van der Waals surface area contributed by atoms with Crippen molar-refractivity contribution in [3.8, 4) is 11.7 Å². The molecule has 0 bridgehead atoms. The summed E-state index contributed by atoms with van der Waals surface area (Å²) >= 11 is 0. The third-order valence-corrected chi connectivity index (χ3v) is 4.78. The largest absolute Gasteiger partial charge is 0.470 e. The van der Waals surface area contributed by atoms with Gasteiger partial charge in [-0.25, -0.2) is 18.8 Å². The molecule has 0 radical (unpaired) electrons. The highest BCUT2D eigenvalue weighted by Crippen LogP contribution is 2.21. The van der Waals surface area contributed by atoms with Crippen LogP contribution in [0.3, 0.4) is 0 Å². The molecule has 3 aromatic heterocycles. The SMILES string of the molecule is Cc1nnn(-c2ccc(C(F)F)cn2)c1COc1ccc(N2C=NC=CCC2C)nn1. The number of aryl methyl sites for hydroxylation is 1. The highest BCUT2D eigenvalue weighted by molar-refractivity contribution is 5.78. The molecule has 31 heavy (non-hydrogen) atoms. The van der Waals surface area contributed by atoms with E-state index in [1.165, 1.54) is 16.8 Å². The maximum atomic E-state index is 12.8. The maximum absolute atomic E-state index is 12.8. The van der Waals surface area contributed by atoms with E-state index in [0.717, 1.165) is 12.6 Å². The van der Waals surface area contributed by atoms with Crippen LogP contribution in [0.15, 0.2) is 47.7 Å². The number of hydrogen-bond acceptors (Lipinski definition) is 8. The lowest BCUT2D eigenvalue weighted by Crippen LogP contribution is -2.31. The Labute approximate surface area is 177 Å². The Balaban J connectivity index is 1.47. The zero-order chi connectivity index (χ0) is 21.8. The second kappa shape index (κ2) is 8.94. The number of hydrogen-bond donors (Lipinski definition) is 0. The molecule has 4 rings (SSSR count). The molecule has 0 saturated carbocycles. The Morgan fingerprint density at radius 3 is 2.68 bits per heavy atom. The van der Waals surface area contributed by atoms with Gasteiger partial charge < -0.3 is 9.64 Å². The topological polar surface area (TPSA) is 94.2 Å². The maximum Gasteiger partial charge on any atom is 0.265 e. The molecule has 4 heterocycles. The van der Waals surface area contributed by atoms with Gasteiger partial charge in [-0.15, -0.1) is 15.3 Å². The van der Waals surface area contributed by atoms with Crippen LogP contribution in [-0.4, -0.2) is 42.6 Å². The molecule has 0 amide bonds. The molecule has 0 saturated heterocycles. The number of alkyl halides is 2. The molecule has 1 aliphatic rings. The van der Waals surface area contributed by atoms with E-state index in [9.17, 15) is 8.78 Å². The first kappa shape index (κ1) is 20.5. The first-order chi connectivity index (χ1) is 15.0. The molecule has 160 valence electrons. The molecule has 9 nitrogen and oxygen atoms in total. The second-order valence-corrected chi connectivity index (χ2v) is 6.94. The summed E-state index contributed by atoms with van der Waals surface area (Å²) in [6.45, 7) is 3.96. The van der Waals surface area contributed by atoms with Crippen molar-refractivity contribution in [1.82, 2.24) is 30.2 Å². The highest BCUT2D eigenvalue weighted by Gasteiger charge is 2.17. The lowest BCUT2D eigenvalue weighted by atomic mass is 10.2. The third-order valence-electron chi connectivity index (χ3n) is 4.78. The molecule has 1 aliphatic heterocycles. The molecule has 0 spiro atoms. The summed E-state index contributed by atoms with van der Waals surface area (Å²) in [5.41, 5.74) is 1.10. The minimum absolute atomic E-state index is 0.108. The van der Waals surface area contributed by atoms with E-state index < -0.39 is 6.43 Å². The summed E-state index contributed by atoms with van der Waals surface area (Å²) in [6.07, 6.45) is 4.87. The number of nitrogens with zero attached hydrogens (tertiary/aromatic N) is 8. The number of anilines is 1. The smallest absolute Gasteiger partial charge is 0.265 e. The fourth-order valence-electron chi connectivity index (χ4n) is 2.99. The molecule has 11 heteroatoms. The van der Waals surface area contributed by atoms with Crippen LogP contribution in [0, 0.1) is 6.92 Å². The van der Waals surface area contributed by atoms with Crippen LogP contribution in [0.25, 0.3) is 5.82 Å². The van der Waals surface area contributed by atoms with Gasteiger partial charge in [-0.2, -0.15) is 4.68 Å². The second-order valence-electron chi connectivity index (χ2n) is 6.94. The number of pyridine rings is 1. The quantitative estimate of drug-likeness (QED) is 0.596. The zero-order valence-electron chi connectivity index (χ0n) is 16.9. The number of aliphatic imine (C=N–C) groups is 1. The predicted octanol–water partition coefficient (Wildman–Crippen LogP) is 3.42. The summed E-state index contributed by atoms with van der Waals surface area (Å²) in [5.74, 6) is 1.36. The Hall–Kier alpha value is -3.76. The van der Waals surface area contributed by atoms with Gasteiger partial charge in [-0.3, -0.25) is 0 Å². The lowest BCUT2D eigenvalue weighted by Gasteiger charge is -2.23. The monoisotopic (exact) mass is 426 g/mol. The summed E-state index contributed by atoms with van der Waals surface area (Å²) < 4.78 is 32.7. The standard InChI is InChI=1S/C20H20F2N8O/c1-13-4-3-9-23-12-29(13)18-7-8-19(27-26-18)31-11-16-14(2)25-28-30(16)17-6-5-15(10-24-17)20(21)22/h3,5-10,12-13,20H,4,11H2,1-2H3. The zero-order valence-corrected chi connectivity index (χ0v) is 16.9. The van der Waals surface area contributed by atoms with Crippen LogP contribution >= 0.6 is 0 Å². The van der Waals surface area contributed by atoms with Crippen LogP contribution in [0.5, 0.6) is 5.88 Å². The third kappa shape index (κ3) is 4.55. The van der Waals surface area contributed by atoms with Crippen LogP contribution < -0.4 is 9.64 Å².